The first-order valence-electron chi connectivity index (χ1n) is 9.93. The van der Waals surface area contributed by atoms with Crippen LogP contribution in [0.2, 0.25) is 0 Å². The molecule has 0 radical (unpaired) electrons. The summed E-state index contributed by atoms with van der Waals surface area (Å²) < 4.78 is 25.9. The number of nitrogens with zero attached hydrogens (tertiary/aromatic N) is 3. The Morgan fingerprint density at radius 2 is 1.81 bits per heavy atom. The lowest BCUT2D eigenvalue weighted by Gasteiger charge is -2.13. The normalized spacial score (nSPS) is 12.0. The summed E-state index contributed by atoms with van der Waals surface area (Å²) in [6, 6.07) is 13.1. The Labute approximate surface area is 180 Å². The number of amides is 1. The van der Waals surface area contributed by atoms with Crippen LogP contribution in [0.5, 0.6) is 11.5 Å². The van der Waals surface area contributed by atoms with Crippen molar-refractivity contribution < 1.29 is 18.7 Å². The highest BCUT2D eigenvalue weighted by Gasteiger charge is 2.15. The van der Waals surface area contributed by atoms with E-state index in [1.54, 1.807) is 54.2 Å². The van der Waals surface area contributed by atoms with Gasteiger partial charge in [0, 0.05) is 5.56 Å². The fourth-order valence-electron chi connectivity index (χ4n) is 2.97. The second kappa shape index (κ2) is 9.88. The molecule has 0 aliphatic heterocycles. The van der Waals surface area contributed by atoms with E-state index in [2.05, 4.69) is 15.6 Å². The molecule has 2 aromatic carbocycles. The first kappa shape index (κ1) is 22.0. The average molecular weight is 424 g/mol. The van der Waals surface area contributed by atoms with Crippen molar-refractivity contribution in [2.45, 2.75) is 33.8 Å². The number of carbonyl (C=O) groups is 1. The minimum absolute atomic E-state index is 0.309. The van der Waals surface area contributed by atoms with Gasteiger partial charge in [0.2, 0.25) is 0 Å². The van der Waals surface area contributed by atoms with Crippen LogP contribution in [0.15, 0.2) is 53.6 Å². The summed E-state index contributed by atoms with van der Waals surface area (Å²) in [7, 11) is 0. The molecule has 3 rings (SSSR count). The van der Waals surface area contributed by atoms with Crippen molar-refractivity contribution in [3.05, 3.63) is 71.3 Å². The molecule has 0 saturated carbocycles. The maximum absolute atomic E-state index is 13.2. The van der Waals surface area contributed by atoms with Crippen molar-refractivity contribution in [3.8, 4) is 17.2 Å². The van der Waals surface area contributed by atoms with Gasteiger partial charge in [-0.3, -0.25) is 4.79 Å². The lowest BCUT2D eigenvalue weighted by molar-refractivity contribution is -0.127. The Bertz CT molecular complexity index is 1060. The van der Waals surface area contributed by atoms with E-state index in [0.29, 0.717) is 12.4 Å². The summed E-state index contributed by atoms with van der Waals surface area (Å²) in [5, 5.41) is 8.52. The molecule has 0 fully saturated rings. The summed E-state index contributed by atoms with van der Waals surface area (Å²) >= 11 is 0. The van der Waals surface area contributed by atoms with E-state index >= 15 is 0 Å². The molecule has 3 aromatic rings. The number of aromatic nitrogens is 2. The van der Waals surface area contributed by atoms with Crippen molar-refractivity contribution in [1.29, 1.82) is 0 Å². The van der Waals surface area contributed by atoms with Crippen molar-refractivity contribution in [3.63, 3.8) is 0 Å². The zero-order valence-corrected chi connectivity index (χ0v) is 17.9. The number of hydrogen-bond acceptors (Lipinski definition) is 5. The van der Waals surface area contributed by atoms with E-state index in [4.69, 9.17) is 9.47 Å². The Balaban J connectivity index is 1.62. The van der Waals surface area contributed by atoms with E-state index in [9.17, 15) is 9.18 Å². The zero-order chi connectivity index (χ0) is 22.4. The molecule has 1 atom stereocenters. The number of hydrogen-bond donors (Lipinski definition) is 1. The molecule has 1 amide bonds. The molecule has 8 heteroatoms. The van der Waals surface area contributed by atoms with Crippen LogP contribution in [0.3, 0.4) is 0 Å². The Morgan fingerprint density at radius 3 is 2.45 bits per heavy atom. The maximum atomic E-state index is 13.2. The number of halogens is 1. The minimum Gasteiger partial charge on any atom is -0.494 e. The van der Waals surface area contributed by atoms with Gasteiger partial charge in [-0.15, -0.1) is 0 Å². The number of rotatable bonds is 8. The van der Waals surface area contributed by atoms with Crippen LogP contribution in [-0.2, 0) is 4.79 Å². The van der Waals surface area contributed by atoms with Gasteiger partial charge in [-0.1, -0.05) is 0 Å². The van der Waals surface area contributed by atoms with Gasteiger partial charge < -0.3 is 9.47 Å². The van der Waals surface area contributed by atoms with Crippen LogP contribution in [0, 0.1) is 19.7 Å². The van der Waals surface area contributed by atoms with Gasteiger partial charge in [0.05, 0.1) is 29.9 Å². The number of nitrogens with one attached hydrogen (secondary N) is 1. The van der Waals surface area contributed by atoms with Crippen LogP contribution >= 0.6 is 0 Å². The summed E-state index contributed by atoms with van der Waals surface area (Å²) in [5.74, 6) is 0.605. The predicted octanol–water partition coefficient (Wildman–Crippen LogP) is 3.94. The highest BCUT2D eigenvalue weighted by Crippen LogP contribution is 2.19. The van der Waals surface area contributed by atoms with E-state index in [1.807, 2.05) is 20.8 Å². The zero-order valence-electron chi connectivity index (χ0n) is 17.9. The third kappa shape index (κ3) is 5.48. The molecule has 1 heterocycles. The first-order chi connectivity index (χ1) is 14.9. The molecule has 162 valence electrons. The lowest BCUT2D eigenvalue weighted by Crippen LogP contribution is -2.33. The van der Waals surface area contributed by atoms with Gasteiger partial charge in [-0.2, -0.15) is 10.2 Å². The van der Waals surface area contributed by atoms with Crippen molar-refractivity contribution in [2.24, 2.45) is 5.10 Å². The second-order valence-corrected chi connectivity index (χ2v) is 6.87. The van der Waals surface area contributed by atoms with Crippen molar-refractivity contribution in [2.75, 3.05) is 6.61 Å². The van der Waals surface area contributed by atoms with E-state index < -0.39 is 6.10 Å². The molecule has 0 saturated heterocycles. The van der Waals surface area contributed by atoms with E-state index in [1.165, 1.54) is 12.1 Å². The van der Waals surface area contributed by atoms with Gasteiger partial charge in [-0.05, 0) is 76.2 Å². The van der Waals surface area contributed by atoms with Gasteiger partial charge in [0.1, 0.15) is 17.3 Å². The number of hydrazone groups is 1. The Hall–Kier alpha value is -3.68. The third-order valence-electron chi connectivity index (χ3n) is 4.60. The highest BCUT2D eigenvalue weighted by atomic mass is 19.1. The van der Waals surface area contributed by atoms with E-state index in [0.717, 1.165) is 28.4 Å². The molecule has 31 heavy (non-hydrogen) atoms. The minimum atomic E-state index is -0.737. The monoisotopic (exact) mass is 424 g/mol. The fourth-order valence-corrected chi connectivity index (χ4v) is 2.97. The molecule has 0 spiro atoms. The number of ether oxygens (including phenoxy) is 2. The van der Waals surface area contributed by atoms with E-state index in [-0.39, 0.29) is 11.7 Å². The first-order valence-corrected chi connectivity index (χ1v) is 9.93. The number of benzene rings is 2. The van der Waals surface area contributed by atoms with Crippen molar-refractivity contribution >= 4 is 12.1 Å². The smallest absolute Gasteiger partial charge is 0.280 e. The van der Waals surface area contributed by atoms with Crippen LogP contribution in [-0.4, -0.2) is 34.6 Å². The van der Waals surface area contributed by atoms with Gasteiger partial charge >= 0.3 is 0 Å². The maximum Gasteiger partial charge on any atom is 0.280 e. The second-order valence-electron chi connectivity index (χ2n) is 6.87. The van der Waals surface area contributed by atoms with Gasteiger partial charge in [0.15, 0.2) is 6.10 Å². The Morgan fingerprint density at radius 1 is 1.16 bits per heavy atom. The lowest BCUT2D eigenvalue weighted by atomic mass is 10.2. The predicted molar refractivity (Wildman–Crippen MR) is 116 cm³/mol. The molecule has 1 N–H and O–H groups in total. The Kier molecular flexibility index (Phi) is 7.02. The van der Waals surface area contributed by atoms with Crippen molar-refractivity contribution in [1.82, 2.24) is 15.2 Å². The van der Waals surface area contributed by atoms with Crippen LogP contribution < -0.4 is 14.9 Å². The van der Waals surface area contributed by atoms with Crippen LogP contribution in [0.1, 0.15) is 30.8 Å². The topological polar surface area (TPSA) is 77.7 Å². The number of aryl methyl sites for hydroxylation is 1. The van der Waals surface area contributed by atoms with Gasteiger partial charge in [0.25, 0.3) is 5.91 Å². The summed E-state index contributed by atoms with van der Waals surface area (Å²) in [5.41, 5.74) is 5.55. The average Bonchev–Trinajstić information content (AvgIpc) is 3.04. The standard InChI is InChI=1S/C23H25FN4O3/c1-5-30-20-10-12-21(13-11-20)31-17(4)23(29)26-25-14-22-15(2)27-28(16(22)3)19-8-6-18(24)7-9-19/h6-14,17H,5H2,1-4H3,(H,26,29)/b25-14-/t17-/m0/s1. The third-order valence-corrected chi connectivity index (χ3v) is 4.60. The fraction of sp³-hybridized carbons (Fsp3) is 0.261. The molecule has 0 bridgehead atoms. The molecule has 7 nitrogen and oxygen atoms in total. The van der Waals surface area contributed by atoms with Crippen LogP contribution in [0.25, 0.3) is 5.69 Å². The molecule has 0 aliphatic rings. The molecular formula is C23H25FN4O3. The van der Waals surface area contributed by atoms with Crippen LogP contribution in [0.4, 0.5) is 4.39 Å². The quantitative estimate of drug-likeness (QED) is 0.439. The summed E-state index contributed by atoms with van der Waals surface area (Å²) in [4.78, 5) is 12.3. The molecule has 0 unspecified atom stereocenters. The SMILES string of the molecule is CCOc1ccc(O[C@@H](C)C(=O)N/N=C\c2c(C)nn(-c3ccc(F)cc3)c2C)cc1. The number of carbonyl (C=O) groups excluding carboxylic acids is 1. The molecular weight excluding hydrogens is 399 g/mol. The summed E-state index contributed by atoms with van der Waals surface area (Å²) in [6.45, 7) is 7.86. The van der Waals surface area contributed by atoms with Gasteiger partial charge in [-0.25, -0.2) is 14.5 Å². The molecule has 0 aliphatic carbocycles. The summed E-state index contributed by atoms with van der Waals surface area (Å²) in [6.07, 6.45) is 0.804. The largest absolute Gasteiger partial charge is 0.494 e. The molecule has 1 aromatic heterocycles. The highest BCUT2D eigenvalue weighted by molar-refractivity contribution is 5.86.